The van der Waals surface area contributed by atoms with Gasteiger partial charge in [0.15, 0.2) is 6.61 Å². The third-order valence-electron chi connectivity index (χ3n) is 0.349. The summed E-state index contributed by atoms with van der Waals surface area (Å²) >= 11 is 0. The molecule has 0 aromatic heterocycles. The van der Waals surface area contributed by atoms with E-state index in [1.807, 2.05) is 0 Å². The molecule has 0 aliphatic rings. The van der Waals surface area contributed by atoms with Crippen molar-refractivity contribution in [3.05, 3.63) is 6.61 Å². The average Bonchev–Trinajstić information content (AvgIpc) is 1.61. The second kappa shape index (κ2) is 3.61. The molecule has 0 saturated heterocycles. The van der Waals surface area contributed by atoms with Crippen molar-refractivity contribution in [3.8, 4) is 0 Å². The fourth-order valence-electron chi connectivity index (χ4n) is 0.156. The highest BCUT2D eigenvalue weighted by atomic mass is 16.5. The summed E-state index contributed by atoms with van der Waals surface area (Å²) in [7, 11) is 0. The Morgan fingerprint density at radius 2 is 2.43 bits per heavy atom. The Hall–Kier alpha value is -0.570. The van der Waals surface area contributed by atoms with Crippen molar-refractivity contribution in [3.63, 3.8) is 0 Å². The van der Waals surface area contributed by atoms with Crippen LogP contribution in [0.2, 0.25) is 0 Å². The summed E-state index contributed by atoms with van der Waals surface area (Å²) in [6, 6.07) is -0.176. The molecule has 1 atom stereocenters. The molecule has 0 rings (SSSR count). The van der Waals surface area contributed by atoms with Gasteiger partial charge in [0.05, 0.1) is 0 Å². The fourth-order valence-corrected chi connectivity index (χ4v) is 0.156. The van der Waals surface area contributed by atoms with Crippen molar-refractivity contribution in [2.45, 2.75) is 13.0 Å². The van der Waals surface area contributed by atoms with Crippen molar-refractivity contribution < 1.29 is 9.53 Å². The smallest absolute Gasteiger partial charge is 0.293 e. The lowest BCUT2D eigenvalue weighted by Gasteiger charge is -1.97. The van der Waals surface area contributed by atoms with Gasteiger partial charge in [0.25, 0.3) is 6.47 Å². The van der Waals surface area contributed by atoms with Crippen molar-refractivity contribution in [1.82, 2.24) is 0 Å². The van der Waals surface area contributed by atoms with Crippen molar-refractivity contribution in [2.24, 2.45) is 5.73 Å². The van der Waals surface area contributed by atoms with E-state index in [0.717, 1.165) is 0 Å². The summed E-state index contributed by atoms with van der Waals surface area (Å²) in [5.41, 5.74) is 5.14. The number of carbonyl (C=O) groups is 1. The van der Waals surface area contributed by atoms with Crippen LogP contribution < -0.4 is 5.73 Å². The van der Waals surface area contributed by atoms with E-state index in [0.29, 0.717) is 6.47 Å². The van der Waals surface area contributed by atoms with Gasteiger partial charge in [-0.3, -0.25) is 4.79 Å². The number of ether oxygens (including phenoxy) is 1. The highest BCUT2D eigenvalue weighted by Gasteiger charge is 1.90. The topological polar surface area (TPSA) is 52.3 Å². The van der Waals surface area contributed by atoms with Crippen LogP contribution in [0.5, 0.6) is 0 Å². The molecular weight excluding hydrogens is 94.0 g/mol. The highest BCUT2D eigenvalue weighted by Crippen LogP contribution is 1.80. The number of rotatable bonds is 3. The van der Waals surface area contributed by atoms with E-state index in [1.54, 1.807) is 6.92 Å². The minimum Gasteiger partial charge on any atom is -0.459 e. The summed E-state index contributed by atoms with van der Waals surface area (Å²) in [5.74, 6) is 0. The van der Waals surface area contributed by atoms with Gasteiger partial charge < -0.3 is 10.5 Å². The molecule has 7 heavy (non-hydrogen) atoms. The van der Waals surface area contributed by atoms with Crippen molar-refractivity contribution in [2.75, 3.05) is 0 Å². The fraction of sp³-hybridized carbons (Fsp3) is 0.500. The predicted octanol–water partition coefficient (Wildman–Crippen LogP) is -0.332. The molecule has 0 bridgehead atoms. The van der Waals surface area contributed by atoms with Crippen molar-refractivity contribution in [1.29, 1.82) is 0 Å². The molecular formula is C4H8NO2. The monoisotopic (exact) mass is 102 g/mol. The van der Waals surface area contributed by atoms with Crippen LogP contribution in [0.4, 0.5) is 0 Å². The Bertz CT molecular complexity index is 53.7. The van der Waals surface area contributed by atoms with Gasteiger partial charge in [-0.05, 0) is 6.92 Å². The average molecular weight is 102 g/mol. The molecule has 41 valence electrons. The van der Waals surface area contributed by atoms with Crippen LogP contribution >= 0.6 is 0 Å². The second-order valence-electron chi connectivity index (χ2n) is 1.23. The molecule has 0 aliphatic heterocycles. The number of nitrogens with two attached hydrogens (primary N) is 1. The molecule has 0 fully saturated rings. The van der Waals surface area contributed by atoms with Gasteiger partial charge in [-0.25, -0.2) is 0 Å². The second-order valence-corrected chi connectivity index (χ2v) is 1.23. The first-order valence-corrected chi connectivity index (χ1v) is 1.95. The van der Waals surface area contributed by atoms with Crippen molar-refractivity contribution >= 4 is 6.47 Å². The molecule has 0 amide bonds. The zero-order valence-corrected chi connectivity index (χ0v) is 4.13. The summed E-state index contributed by atoms with van der Waals surface area (Å²) in [6.07, 6.45) is 0. The van der Waals surface area contributed by atoms with E-state index in [9.17, 15) is 4.79 Å². The van der Waals surface area contributed by atoms with Crippen LogP contribution in [-0.4, -0.2) is 12.5 Å². The maximum atomic E-state index is 9.40. The normalized spacial score (nSPS) is 12.9. The van der Waals surface area contributed by atoms with Gasteiger partial charge in [0.1, 0.15) is 0 Å². The summed E-state index contributed by atoms with van der Waals surface area (Å²) < 4.78 is 4.16. The molecule has 1 unspecified atom stereocenters. The van der Waals surface area contributed by atoms with Gasteiger partial charge in [-0.15, -0.1) is 0 Å². The van der Waals surface area contributed by atoms with Gasteiger partial charge in [0.2, 0.25) is 0 Å². The van der Waals surface area contributed by atoms with Gasteiger partial charge in [-0.2, -0.15) is 0 Å². The Labute approximate surface area is 42.4 Å². The molecule has 0 spiro atoms. The van der Waals surface area contributed by atoms with Crippen LogP contribution in [-0.2, 0) is 9.53 Å². The van der Waals surface area contributed by atoms with Crippen LogP contribution in [0.1, 0.15) is 6.92 Å². The Balaban J connectivity index is 2.81. The first-order chi connectivity index (χ1) is 3.27. The van der Waals surface area contributed by atoms with Crippen LogP contribution in [0.25, 0.3) is 0 Å². The first-order valence-electron chi connectivity index (χ1n) is 1.95. The summed E-state index contributed by atoms with van der Waals surface area (Å²) in [6.45, 7) is 3.31. The maximum Gasteiger partial charge on any atom is 0.293 e. The van der Waals surface area contributed by atoms with Crippen LogP contribution in [0.15, 0.2) is 0 Å². The minimum atomic E-state index is -0.176. The zero-order chi connectivity index (χ0) is 5.70. The molecule has 1 radical (unpaired) electrons. The Kier molecular flexibility index (Phi) is 3.32. The van der Waals surface area contributed by atoms with Gasteiger partial charge >= 0.3 is 0 Å². The summed E-state index contributed by atoms with van der Waals surface area (Å²) in [4.78, 5) is 9.40. The lowest BCUT2D eigenvalue weighted by atomic mass is 10.4. The molecule has 0 heterocycles. The zero-order valence-electron chi connectivity index (χ0n) is 4.13. The van der Waals surface area contributed by atoms with Crippen LogP contribution in [0, 0.1) is 6.61 Å². The van der Waals surface area contributed by atoms with E-state index in [2.05, 4.69) is 4.74 Å². The van der Waals surface area contributed by atoms with E-state index in [-0.39, 0.29) is 6.04 Å². The van der Waals surface area contributed by atoms with E-state index in [4.69, 9.17) is 5.73 Å². The third kappa shape index (κ3) is 5.43. The van der Waals surface area contributed by atoms with Gasteiger partial charge in [-0.1, -0.05) is 0 Å². The quantitative estimate of drug-likeness (QED) is 0.496. The molecule has 3 heteroatoms. The summed E-state index contributed by atoms with van der Waals surface area (Å²) in [5, 5.41) is 0. The predicted molar refractivity (Wildman–Crippen MR) is 25.1 cm³/mol. The standard InChI is InChI=1S/C4H8NO2/c1-4(5)2-7-3-6/h2-4H,5H2,1H3. The van der Waals surface area contributed by atoms with E-state index >= 15 is 0 Å². The Morgan fingerprint density at radius 3 is 2.57 bits per heavy atom. The number of hydrogen-bond acceptors (Lipinski definition) is 3. The highest BCUT2D eigenvalue weighted by molar-refractivity contribution is 5.37. The molecule has 0 saturated carbocycles. The SMILES string of the molecule is CC(N)[CH]OC=O. The molecule has 0 aromatic rings. The van der Waals surface area contributed by atoms with Crippen LogP contribution in [0.3, 0.4) is 0 Å². The minimum absolute atomic E-state index is 0.176. The first kappa shape index (κ1) is 6.43. The third-order valence-corrected chi connectivity index (χ3v) is 0.349. The molecule has 0 aliphatic carbocycles. The van der Waals surface area contributed by atoms with E-state index < -0.39 is 0 Å². The molecule has 2 N–H and O–H groups in total. The lowest BCUT2D eigenvalue weighted by Crippen LogP contribution is -2.16. The maximum absolute atomic E-state index is 9.40. The molecule has 3 nitrogen and oxygen atoms in total. The lowest BCUT2D eigenvalue weighted by molar-refractivity contribution is -0.125. The molecule has 0 aromatic carbocycles. The largest absolute Gasteiger partial charge is 0.459 e. The van der Waals surface area contributed by atoms with Gasteiger partial charge in [0, 0.05) is 6.04 Å². The number of hydrogen-bond donors (Lipinski definition) is 1. The van der Waals surface area contributed by atoms with E-state index in [1.165, 1.54) is 6.61 Å². The Morgan fingerprint density at radius 1 is 1.86 bits per heavy atom. The number of carbonyl (C=O) groups excluding carboxylic acids is 1.